The number of hydrogen-bond donors (Lipinski definition) is 0. The first-order chi connectivity index (χ1) is 17.6. The Morgan fingerprint density at radius 3 is 2.83 bits per heavy atom. The molecule has 4 aromatic heterocycles. The molecule has 0 aliphatic rings. The van der Waals surface area contributed by atoms with Gasteiger partial charge in [-0.15, -0.1) is 0 Å². The van der Waals surface area contributed by atoms with Crippen LogP contribution in [0.1, 0.15) is 11.4 Å². The van der Waals surface area contributed by atoms with Gasteiger partial charge in [0.15, 0.2) is 11.6 Å². The molecule has 0 saturated heterocycles. The van der Waals surface area contributed by atoms with Crippen LogP contribution < -0.4 is 9.47 Å². The maximum absolute atomic E-state index is 13.6. The number of methoxy groups -OCH3 is 1. The number of furan rings is 1. The minimum Gasteiger partial charge on any atom is -0.496 e. The fourth-order valence-corrected chi connectivity index (χ4v) is 3.83. The van der Waals surface area contributed by atoms with Crippen LogP contribution in [0.25, 0.3) is 39.6 Å². The van der Waals surface area contributed by atoms with Crippen LogP contribution in [0.5, 0.6) is 11.5 Å². The van der Waals surface area contributed by atoms with Crippen LogP contribution in [0, 0.1) is 12.7 Å². The van der Waals surface area contributed by atoms with E-state index in [1.165, 1.54) is 12.1 Å². The molecule has 10 heteroatoms. The van der Waals surface area contributed by atoms with Gasteiger partial charge in [-0.1, -0.05) is 12.1 Å². The number of imidazole rings is 1. The maximum atomic E-state index is 13.6. The van der Waals surface area contributed by atoms with E-state index in [1.54, 1.807) is 60.5 Å². The predicted octanol–water partition coefficient (Wildman–Crippen LogP) is 5.03. The van der Waals surface area contributed by atoms with Crippen molar-refractivity contribution in [3.05, 3.63) is 84.3 Å². The minimum absolute atomic E-state index is 0.162. The summed E-state index contributed by atoms with van der Waals surface area (Å²) in [4.78, 5) is 17.6. The third-order valence-corrected chi connectivity index (χ3v) is 5.54. The quantitative estimate of drug-likeness (QED) is 0.326. The van der Waals surface area contributed by atoms with Gasteiger partial charge in [-0.25, -0.2) is 28.8 Å². The first-order valence-electron chi connectivity index (χ1n) is 11.1. The second kappa shape index (κ2) is 8.73. The van der Waals surface area contributed by atoms with Crippen molar-refractivity contribution in [3.63, 3.8) is 0 Å². The van der Waals surface area contributed by atoms with Crippen molar-refractivity contribution in [1.29, 1.82) is 0 Å². The van der Waals surface area contributed by atoms with Gasteiger partial charge in [0.05, 0.1) is 36.3 Å². The number of aromatic nitrogens is 6. The van der Waals surface area contributed by atoms with Crippen LogP contribution in [-0.2, 0) is 6.61 Å². The number of fused-ring (bicyclic) bond motifs is 2. The number of aryl methyl sites for hydroxylation is 1. The normalized spacial score (nSPS) is 11.3. The highest BCUT2D eigenvalue weighted by Gasteiger charge is 2.16. The summed E-state index contributed by atoms with van der Waals surface area (Å²) in [6.45, 7) is 2.02. The lowest BCUT2D eigenvalue weighted by Crippen LogP contribution is -2.01. The Kier molecular flexibility index (Phi) is 5.25. The molecule has 0 aliphatic carbocycles. The highest BCUT2D eigenvalue weighted by Crippen LogP contribution is 2.37. The number of halogens is 1. The molecule has 36 heavy (non-hydrogen) atoms. The molecule has 0 saturated carbocycles. The Balaban J connectivity index is 1.32. The summed E-state index contributed by atoms with van der Waals surface area (Å²) in [6.07, 6.45) is 5.05. The van der Waals surface area contributed by atoms with Crippen molar-refractivity contribution < 1.29 is 18.3 Å². The Morgan fingerprint density at radius 1 is 1.06 bits per heavy atom. The highest BCUT2D eigenvalue weighted by atomic mass is 19.1. The first kappa shape index (κ1) is 21.7. The van der Waals surface area contributed by atoms with Crippen molar-refractivity contribution in [1.82, 2.24) is 29.5 Å². The van der Waals surface area contributed by atoms with E-state index in [2.05, 4.69) is 25.0 Å². The lowest BCUT2D eigenvalue weighted by Gasteiger charge is -2.09. The second-order valence-corrected chi connectivity index (χ2v) is 8.09. The van der Waals surface area contributed by atoms with Crippen molar-refractivity contribution in [3.8, 4) is 34.3 Å². The topological polar surface area (TPSA) is 100 Å². The number of rotatable bonds is 6. The molecule has 6 aromatic rings. The molecule has 2 aromatic carbocycles. The van der Waals surface area contributed by atoms with E-state index in [0.717, 1.165) is 11.1 Å². The van der Waals surface area contributed by atoms with Crippen LogP contribution in [-0.4, -0.2) is 36.7 Å². The average molecular weight is 482 g/mol. The van der Waals surface area contributed by atoms with Gasteiger partial charge >= 0.3 is 0 Å². The second-order valence-electron chi connectivity index (χ2n) is 8.09. The summed E-state index contributed by atoms with van der Waals surface area (Å²) in [5.74, 6) is 2.23. The first-order valence-corrected chi connectivity index (χ1v) is 11.1. The Morgan fingerprint density at radius 2 is 1.97 bits per heavy atom. The van der Waals surface area contributed by atoms with E-state index in [1.807, 2.05) is 13.0 Å². The van der Waals surface area contributed by atoms with Gasteiger partial charge in [-0.05, 0) is 31.2 Å². The molecule has 0 N–H and O–H groups in total. The third kappa shape index (κ3) is 4.09. The Bertz CT molecular complexity index is 1730. The Labute approximate surface area is 204 Å². The average Bonchev–Trinajstić information content (AvgIpc) is 3.51. The fraction of sp³-hybridized carbons (Fsp3) is 0.115. The number of nitrogens with zero attached hydrogens (tertiary/aromatic N) is 6. The number of ether oxygens (including phenoxy) is 2. The molecule has 0 aliphatic heterocycles. The molecule has 178 valence electrons. The lowest BCUT2D eigenvalue weighted by molar-refractivity contribution is 0.302. The summed E-state index contributed by atoms with van der Waals surface area (Å²) < 4.78 is 32.9. The van der Waals surface area contributed by atoms with E-state index < -0.39 is 0 Å². The van der Waals surface area contributed by atoms with E-state index in [-0.39, 0.29) is 12.4 Å². The lowest BCUT2D eigenvalue weighted by atomic mass is 10.2. The zero-order chi connectivity index (χ0) is 24.6. The number of hydrogen-bond acceptors (Lipinski definition) is 8. The van der Waals surface area contributed by atoms with Crippen LogP contribution >= 0.6 is 0 Å². The van der Waals surface area contributed by atoms with Gasteiger partial charge in [-0.2, -0.15) is 5.10 Å². The zero-order valence-electron chi connectivity index (χ0n) is 19.3. The van der Waals surface area contributed by atoms with Gasteiger partial charge < -0.3 is 13.9 Å². The summed E-state index contributed by atoms with van der Waals surface area (Å²) in [5.41, 5.74) is 3.18. The van der Waals surface area contributed by atoms with Crippen molar-refractivity contribution in [2.24, 2.45) is 0 Å². The van der Waals surface area contributed by atoms with E-state index >= 15 is 0 Å². The van der Waals surface area contributed by atoms with Gasteiger partial charge in [-0.3, -0.25) is 0 Å². The molecule has 0 fully saturated rings. The third-order valence-electron chi connectivity index (χ3n) is 5.54. The van der Waals surface area contributed by atoms with Gasteiger partial charge in [0.2, 0.25) is 0 Å². The molecule has 0 unspecified atom stereocenters. The molecule has 0 amide bonds. The van der Waals surface area contributed by atoms with Gasteiger partial charge in [0, 0.05) is 23.9 Å². The summed E-state index contributed by atoms with van der Waals surface area (Å²) in [7, 11) is 1.58. The summed E-state index contributed by atoms with van der Waals surface area (Å²) >= 11 is 0. The summed E-state index contributed by atoms with van der Waals surface area (Å²) in [6, 6.07) is 13.3. The molecule has 0 atom stereocenters. The fourth-order valence-electron chi connectivity index (χ4n) is 3.83. The molecule has 0 radical (unpaired) electrons. The highest BCUT2D eigenvalue weighted by molar-refractivity contribution is 5.89. The number of benzene rings is 2. The standard InChI is InChI=1S/C26H19FN6O3/c1-15-12-29-26-31-21(13-33(26)32-15)24-11-20-22(9-19(34-2)10-23(20)36-24)35-14-18-6-7-28-25(30-18)16-4-3-5-17(27)8-16/h3-13H,14H2,1-2H3. The van der Waals surface area contributed by atoms with Crippen LogP contribution in [0.3, 0.4) is 0 Å². The zero-order valence-corrected chi connectivity index (χ0v) is 19.3. The molecular formula is C26H19FN6O3. The largest absolute Gasteiger partial charge is 0.496 e. The predicted molar refractivity (Wildman–Crippen MR) is 129 cm³/mol. The monoisotopic (exact) mass is 482 g/mol. The molecule has 0 bridgehead atoms. The van der Waals surface area contributed by atoms with Gasteiger partial charge in [0.1, 0.15) is 35.2 Å². The summed E-state index contributed by atoms with van der Waals surface area (Å²) in [5, 5.41) is 5.14. The van der Waals surface area contributed by atoms with Crippen LogP contribution in [0.4, 0.5) is 4.39 Å². The molecule has 6 rings (SSSR count). The maximum Gasteiger partial charge on any atom is 0.251 e. The van der Waals surface area contributed by atoms with Crippen LogP contribution in [0.15, 0.2) is 71.5 Å². The molecule has 9 nitrogen and oxygen atoms in total. The van der Waals surface area contributed by atoms with Crippen molar-refractivity contribution >= 4 is 16.7 Å². The van der Waals surface area contributed by atoms with Crippen molar-refractivity contribution in [2.75, 3.05) is 7.11 Å². The van der Waals surface area contributed by atoms with Gasteiger partial charge in [0.25, 0.3) is 5.78 Å². The minimum atomic E-state index is -0.348. The van der Waals surface area contributed by atoms with Crippen molar-refractivity contribution in [2.45, 2.75) is 13.5 Å². The molecular weight excluding hydrogens is 463 g/mol. The smallest absolute Gasteiger partial charge is 0.251 e. The molecule has 0 spiro atoms. The Hall–Kier alpha value is -4.86. The van der Waals surface area contributed by atoms with E-state index in [9.17, 15) is 4.39 Å². The van der Waals surface area contributed by atoms with E-state index in [4.69, 9.17) is 13.9 Å². The van der Waals surface area contributed by atoms with E-state index in [0.29, 0.717) is 51.4 Å². The molecule has 4 heterocycles. The van der Waals surface area contributed by atoms with Crippen LogP contribution in [0.2, 0.25) is 0 Å². The SMILES string of the molecule is COc1cc(OCc2ccnc(-c3cccc(F)c3)n2)c2cc(-c3cn4nc(C)cnc4n3)oc2c1.